The van der Waals surface area contributed by atoms with Crippen molar-refractivity contribution in [2.45, 2.75) is 13.3 Å². The molecule has 0 saturated heterocycles. The van der Waals surface area contributed by atoms with Crippen molar-refractivity contribution in [2.24, 2.45) is 0 Å². The van der Waals surface area contributed by atoms with Crippen molar-refractivity contribution in [3.63, 3.8) is 0 Å². The number of thiazole rings is 1. The molecule has 0 amide bonds. The Hall–Kier alpha value is -1.35. The van der Waals surface area contributed by atoms with Crippen LogP contribution >= 0.6 is 11.3 Å². The number of hydrogen-bond donors (Lipinski definition) is 1. The van der Waals surface area contributed by atoms with Crippen LogP contribution in [0.5, 0.6) is 0 Å². The lowest BCUT2D eigenvalue weighted by atomic mass is 10.1. The molecule has 2 nitrogen and oxygen atoms in total. The predicted octanol–water partition coefficient (Wildman–Crippen LogP) is 2.62. The largest absolute Gasteiger partial charge is 0.375 e. The summed E-state index contributed by atoms with van der Waals surface area (Å²) in [6.45, 7) is 2.09. The van der Waals surface area contributed by atoms with Crippen molar-refractivity contribution < 1.29 is 0 Å². The second-order valence-electron chi connectivity index (χ2n) is 3.34. The van der Waals surface area contributed by atoms with Gasteiger partial charge in [0.25, 0.3) is 0 Å². The van der Waals surface area contributed by atoms with Crippen LogP contribution in [0, 0.1) is 6.92 Å². The molecule has 2 N–H and O–H groups in total. The number of anilines is 1. The summed E-state index contributed by atoms with van der Waals surface area (Å²) in [5.41, 5.74) is 9.18. The van der Waals surface area contributed by atoms with Crippen LogP contribution in [-0.2, 0) is 6.42 Å². The fourth-order valence-corrected chi connectivity index (χ4v) is 1.88. The van der Waals surface area contributed by atoms with Gasteiger partial charge in [-0.2, -0.15) is 0 Å². The highest BCUT2D eigenvalue weighted by atomic mass is 32.1. The maximum Gasteiger partial charge on any atom is 0.180 e. The van der Waals surface area contributed by atoms with Gasteiger partial charge in [-0.25, -0.2) is 4.98 Å². The molecule has 0 fully saturated rings. The third-order valence-electron chi connectivity index (χ3n) is 2.08. The highest BCUT2D eigenvalue weighted by Gasteiger charge is 1.99. The third-order valence-corrected chi connectivity index (χ3v) is 2.80. The Labute approximate surface area is 87.4 Å². The summed E-state index contributed by atoms with van der Waals surface area (Å²) in [5.74, 6) is 0. The van der Waals surface area contributed by atoms with E-state index in [4.69, 9.17) is 5.73 Å². The molecule has 0 aliphatic carbocycles. The molecule has 2 rings (SSSR count). The van der Waals surface area contributed by atoms with E-state index < -0.39 is 0 Å². The molecule has 0 atom stereocenters. The normalized spacial score (nSPS) is 10.4. The maximum absolute atomic E-state index is 5.56. The number of aryl methyl sites for hydroxylation is 1. The van der Waals surface area contributed by atoms with Gasteiger partial charge < -0.3 is 5.73 Å². The zero-order valence-corrected chi connectivity index (χ0v) is 8.84. The summed E-state index contributed by atoms with van der Waals surface area (Å²) in [4.78, 5) is 4.22. The van der Waals surface area contributed by atoms with Gasteiger partial charge in [-0.1, -0.05) is 29.8 Å². The van der Waals surface area contributed by atoms with Gasteiger partial charge in [0, 0.05) is 11.8 Å². The van der Waals surface area contributed by atoms with E-state index >= 15 is 0 Å². The van der Waals surface area contributed by atoms with Crippen LogP contribution in [0.1, 0.15) is 16.8 Å². The van der Waals surface area contributed by atoms with Crippen LogP contribution < -0.4 is 5.73 Å². The molecule has 72 valence electrons. The molecular formula is C11H12N2S. The van der Waals surface area contributed by atoms with E-state index in [9.17, 15) is 0 Å². The lowest BCUT2D eigenvalue weighted by Gasteiger charge is -1.98. The van der Waals surface area contributed by atoms with E-state index in [0.717, 1.165) is 12.1 Å². The average Bonchev–Trinajstić information content (AvgIpc) is 2.56. The average molecular weight is 204 g/mol. The van der Waals surface area contributed by atoms with E-state index in [-0.39, 0.29) is 0 Å². The molecule has 0 radical (unpaired) electrons. The molecule has 0 unspecified atom stereocenters. The van der Waals surface area contributed by atoms with Crippen molar-refractivity contribution in [1.82, 2.24) is 4.98 Å². The lowest BCUT2D eigenvalue weighted by Crippen LogP contribution is -1.89. The topological polar surface area (TPSA) is 38.9 Å². The van der Waals surface area contributed by atoms with Gasteiger partial charge in [-0.3, -0.25) is 0 Å². The maximum atomic E-state index is 5.56. The Morgan fingerprint density at radius 3 is 2.57 bits per heavy atom. The smallest absolute Gasteiger partial charge is 0.180 e. The van der Waals surface area contributed by atoms with E-state index in [1.807, 2.05) is 5.38 Å². The number of benzene rings is 1. The van der Waals surface area contributed by atoms with Crippen LogP contribution in [0.3, 0.4) is 0 Å². The Morgan fingerprint density at radius 2 is 2.00 bits per heavy atom. The number of nitrogens with two attached hydrogens (primary N) is 1. The van der Waals surface area contributed by atoms with Crippen LogP contribution in [0.15, 0.2) is 29.6 Å². The molecule has 0 spiro atoms. The van der Waals surface area contributed by atoms with Crippen molar-refractivity contribution in [1.29, 1.82) is 0 Å². The fourth-order valence-electron chi connectivity index (χ4n) is 1.32. The molecular weight excluding hydrogens is 192 g/mol. The summed E-state index contributed by atoms with van der Waals surface area (Å²) < 4.78 is 0. The minimum atomic E-state index is 0.645. The van der Waals surface area contributed by atoms with Gasteiger partial charge >= 0.3 is 0 Å². The molecule has 14 heavy (non-hydrogen) atoms. The number of nitrogen functional groups attached to an aromatic ring is 1. The van der Waals surface area contributed by atoms with Crippen molar-refractivity contribution in [3.05, 3.63) is 46.5 Å². The fraction of sp³-hybridized carbons (Fsp3) is 0.182. The summed E-state index contributed by atoms with van der Waals surface area (Å²) in [7, 11) is 0. The SMILES string of the molecule is Cc1ccc(Cc2csc(N)n2)cc1. The van der Waals surface area contributed by atoms with Crippen molar-refractivity contribution in [3.8, 4) is 0 Å². The highest BCUT2D eigenvalue weighted by molar-refractivity contribution is 7.13. The number of nitrogens with zero attached hydrogens (tertiary/aromatic N) is 1. The molecule has 2 aromatic rings. The van der Waals surface area contributed by atoms with Gasteiger partial charge in [0.05, 0.1) is 5.69 Å². The highest BCUT2D eigenvalue weighted by Crippen LogP contribution is 2.15. The van der Waals surface area contributed by atoms with E-state index in [1.165, 1.54) is 22.5 Å². The van der Waals surface area contributed by atoms with Crippen LogP contribution in [0.25, 0.3) is 0 Å². The standard InChI is InChI=1S/C11H12N2S/c1-8-2-4-9(5-3-8)6-10-7-14-11(12)13-10/h2-5,7H,6H2,1H3,(H2,12,13). The first-order valence-corrected chi connectivity index (χ1v) is 5.37. The molecule has 3 heteroatoms. The molecule has 0 aliphatic heterocycles. The summed E-state index contributed by atoms with van der Waals surface area (Å²) in [5, 5.41) is 2.65. The van der Waals surface area contributed by atoms with Gasteiger partial charge in [-0.15, -0.1) is 11.3 Å². The van der Waals surface area contributed by atoms with Crippen molar-refractivity contribution >= 4 is 16.5 Å². The summed E-state index contributed by atoms with van der Waals surface area (Å²) in [6.07, 6.45) is 0.869. The Bertz CT molecular complexity index is 417. The molecule has 0 bridgehead atoms. The first-order chi connectivity index (χ1) is 6.74. The van der Waals surface area contributed by atoms with Gasteiger partial charge in [0.2, 0.25) is 0 Å². The van der Waals surface area contributed by atoms with E-state index in [0.29, 0.717) is 5.13 Å². The molecule has 0 saturated carbocycles. The van der Waals surface area contributed by atoms with E-state index in [1.54, 1.807) is 0 Å². The minimum absolute atomic E-state index is 0.645. The number of rotatable bonds is 2. The molecule has 1 aromatic heterocycles. The molecule has 1 aromatic carbocycles. The first kappa shape index (κ1) is 9.21. The van der Waals surface area contributed by atoms with E-state index in [2.05, 4.69) is 36.2 Å². The molecule has 1 heterocycles. The monoisotopic (exact) mass is 204 g/mol. The van der Waals surface area contributed by atoms with Gasteiger partial charge in [-0.05, 0) is 12.5 Å². The minimum Gasteiger partial charge on any atom is -0.375 e. The molecule has 0 aliphatic rings. The Kier molecular flexibility index (Phi) is 2.50. The third kappa shape index (κ3) is 2.12. The zero-order valence-electron chi connectivity index (χ0n) is 8.03. The van der Waals surface area contributed by atoms with Crippen LogP contribution in [-0.4, -0.2) is 4.98 Å². The van der Waals surface area contributed by atoms with Gasteiger partial charge in [0.15, 0.2) is 5.13 Å². The second kappa shape index (κ2) is 3.80. The zero-order chi connectivity index (χ0) is 9.97. The van der Waals surface area contributed by atoms with Crippen LogP contribution in [0.4, 0.5) is 5.13 Å². The lowest BCUT2D eigenvalue weighted by molar-refractivity contribution is 1.11. The Morgan fingerprint density at radius 1 is 1.29 bits per heavy atom. The van der Waals surface area contributed by atoms with Crippen molar-refractivity contribution in [2.75, 3.05) is 5.73 Å². The quantitative estimate of drug-likeness (QED) is 0.816. The number of hydrogen-bond acceptors (Lipinski definition) is 3. The summed E-state index contributed by atoms with van der Waals surface area (Å²) >= 11 is 1.49. The first-order valence-electron chi connectivity index (χ1n) is 4.49. The van der Waals surface area contributed by atoms with Gasteiger partial charge in [0.1, 0.15) is 0 Å². The summed E-state index contributed by atoms with van der Waals surface area (Å²) in [6, 6.07) is 8.49. The second-order valence-corrected chi connectivity index (χ2v) is 4.23. The predicted molar refractivity (Wildman–Crippen MR) is 60.5 cm³/mol. The van der Waals surface area contributed by atoms with Crippen LogP contribution in [0.2, 0.25) is 0 Å². The Balaban J connectivity index is 2.15. The number of aromatic nitrogens is 1.